The molecule has 1 aromatic carbocycles. The van der Waals surface area contributed by atoms with Crippen LogP contribution in [0.2, 0.25) is 0 Å². The molecule has 5 nitrogen and oxygen atoms in total. The lowest BCUT2D eigenvalue weighted by Gasteiger charge is -2.22. The van der Waals surface area contributed by atoms with E-state index < -0.39 is 11.5 Å². The minimum Gasteiger partial charge on any atom is -0.421 e. The van der Waals surface area contributed by atoms with Gasteiger partial charge in [-0.15, -0.1) is 0 Å². The fraction of sp³-hybridized carbons (Fsp3) is 0.333. The van der Waals surface area contributed by atoms with Gasteiger partial charge in [0.15, 0.2) is 5.75 Å². The summed E-state index contributed by atoms with van der Waals surface area (Å²) in [5.74, 6) is -0.528. The van der Waals surface area contributed by atoms with E-state index in [0.717, 1.165) is 18.9 Å². The first-order valence-corrected chi connectivity index (χ1v) is 6.59. The Balaban J connectivity index is 2.14. The van der Waals surface area contributed by atoms with E-state index in [4.69, 9.17) is 10.5 Å². The molecule has 1 amide bonds. The van der Waals surface area contributed by atoms with E-state index in [1.807, 2.05) is 0 Å². The summed E-state index contributed by atoms with van der Waals surface area (Å²) in [6.07, 6.45) is 4.33. The van der Waals surface area contributed by atoms with Crippen molar-refractivity contribution < 1.29 is 14.3 Å². The van der Waals surface area contributed by atoms with Gasteiger partial charge in [-0.25, -0.2) is 4.79 Å². The van der Waals surface area contributed by atoms with Crippen LogP contribution in [0.25, 0.3) is 0 Å². The van der Waals surface area contributed by atoms with Crippen LogP contribution < -0.4 is 15.8 Å². The number of benzene rings is 1. The van der Waals surface area contributed by atoms with E-state index in [0.29, 0.717) is 18.5 Å². The zero-order valence-corrected chi connectivity index (χ0v) is 11.2. The minimum absolute atomic E-state index is 0.239. The molecule has 106 valence electrons. The Morgan fingerprint density at radius 3 is 2.60 bits per heavy atom. The smallest absolute Gasteiger partial charge is 0.335 e. The highest BCUT2D eigenvalue weighted by Gasteiger charge is 2.37. The highest BCUT2D eigenvalue weighted by atomic mass is 16.5. The molecule has 0 bridgehead atoms. The average Bonchev–Trinajstić information content (AvgIpc) is 2.89. The van der Waals surface area contributed by atoms with Crippen LogP contribution in [0, 0.1) is 0 Å². The highest BCUT2D eigenvalue weighted by molar-refractivity contribution is 5.99. The molecule has 5 heteroatoms. The molecule has 0 radical (unpaired) electrons. The third-order valence-corrected chi connectivity index (χ3v) is 3.46. The van der Waals surface area contributed by atoms with Gasteiger partial charge in [-0.2, -0.15) is 0 Å². The summed E-state index contributed by atoms with van der Waals surface area (Å²) in [5, 5.41) is 2.75. The molecular formula is C15H18N2O3. The van der Waals surface area contributed by atoms with Gasteiger partial charge in [0.25, 0.3) is 0 Å². The van der Waals surface area contributed by atoms with Gasteiger partial charge in [0.05, 0.1) is 11.2 Å². The number of amides is 1. The molecule has 1 aliphatic rings. The summed E-state index contributed by atoms with van der Waals surface area (Å²) in [6.45, 7) is 3.34. The Morgan fingerprint density at radius 1 is 1.30 bits per heavy atom. The van der Waals surface area contributed by atoms with Crippen molar-refractivity contribution in [3.8, 4) is 5.75 Å². The lowest BCUT2D eigenvalue weighted by Crippen LogP contribution is -2.48. The molecule has 1 aromatic rings. The summed E-state index contributed by atoms with van der Waals surface area (Å²) in [7, 11) is 0. The van der Waals surface area contributed by atoms with Crippen LogP contribution >= 0.6 is 0 Å². The van der Waals surface area contributed by atoms with E-state index >= 15 is 0 Å². The SMILES string of the molecule is C=CC(=O)Oc1ccccc1NC(=O)C1(N)CCCC1. The largest absolute Gasteiger partial charge is 0.421 e. The first-order chi connectivity index (χ1) is 9.55. The number of nitrogens with two attached hydrogens (primary N) is 1. The Kier molecular flexibility index (Phi) is 4.20. The van der Waals surface area contributed by atoms with Gasteiger partial charge in [0, 0.05) is 6.08 Å². The molecule has 0 aliphatic heterocycles. The number of esters is 1. The van der Waals surface area contributed by atoms with Crippen molar-refractivity contribution >= 4 is 17.6 Å². The van der Waals surface area contributed by atoms with Gasteiger partial charge in [0.1, 0.15) is 0 Å². The molecule has 20 heavy (non-hydrogen) atoms. The topological polar surface area (TPSA) is 81.4 Å². The number of carbonyl (C=O) groups excluding carboxylic acids is 2. The standard InChI is InChI=1S/C15H18N2O3/c1-2-13(18)20-12-8-4-3-7-11(12)17-14(19)15(16)9-5-6-10-15/h2-4,7-8H,1,5-6,9-10,16H2,(H,17,19). The lowest BCUT2D eigenvalue weighted by atomic mass is 9.98. The molecule has 0 heterocycles. The highest BCUT2D eigenvalue weighted by Crippen LogP contribution is 2.30. The molecule has 1 fully saturated rings. The predicted molar refractivity (Wildman–Crippen MR) is 76.3 cm³/mol. The Labute approximate surface area is 117 Å². The summed E-state index contributed by atoms with van der Waals surface area (Å²) >= 11 is 0. The average molecular weight is 274 g/mol. The maximum atomic E-state index is 12.2. The van der Waals surface area contributed by atoms with Crippen LogP contribution in [0.1, 0.15) is 25.7 Å². The van der Waals surface area contributed by atoms with Crippen molar-refractivity contribution in [3.05, 3.63) is 36.9 Å². The Morgan fingerprint density at radius 2 is 1.95 bits per heavy atom. The zero-order valence-electron chi connectivity index (χ0n) is 11.2. The van der Waals surface area contributed by atoms with Crippen LogP contribution in [0.3, 0.4) is 0 Å². The number of carbonyl (C=O) groups is 2. The van der Waals surface area contributed by atoms with Gasteiger partial charge < -0.3 is 15.8 Å². The second-order valence-electron chi connectivity index (χ2n) is 4.94. The summed E-state index contributed by atoms with van der Waals surface area (Å²) in [4.78, 5) is 23.5. The van der Waals surface area contributed by atoms with Crippen LogP contribution in [0.4, 0.5) is 5.69 Å². The molecular weight excluding hydrogens is 256 g/mol. The van der Waals surface area contributed by atoms with Gasteiger partial charge in [-0.3, -0.25) is 4.79 Å². The lowest BCUT2D eigenvalue weighted by molar-refractivity contribution is -0.129. The number of anilines is 1. The fourth-order valence-corrected chi connectivity index (χ4v) is 2.29. The molecule has 1 saturated carbocycles. The van der Waals surface area contributed by atoms with E-state index in [-0.39, 0.29) is 11.7 Å². The Bertz CT molecular complexity index is 534. The summed E-state index contributed by atoms with van der Waals surface area (Å²) < 4.78 is 5.08. The zero-order chi connectivity index (χ0) is 14.6. The normalized spacial score (nSPS) is 16.4. The van der Waals surface area contributed by atoms with Crippen molar-refractivity contribution in [2.45, 2.75) is 31.2 Å². The maximum absolute atomic E-state index is 12.2. The van der Waals surface area contributed by atoms with E-state index in [1.54, 1.807) is 24.3 Å². The third-order valence-electron chi connectivity index (χ3n) is 3.46. The summed E-state index contributed by atoms with van der Waals surface area (Å²) in [6, 6.07) is 6.74. The van der Waals surface area contributed by atoms with Crippen LogP contribution in [-0.2, 0) is 9.59 Å². The van der Waals surface area contributed by atoms with E-state index in [9.17, 15) is 9.59 Å². The summed E-state index contributed by atoms with van der Waals surface area (Å²) in [5.41, 5.74) is 5.70. The Hall–Kier alpha value is -2.14. The number of hydrogen-bond acceptors (Lipinski definition) is 4. The number of para-hydroxylation sites is 2. The number of ether oxygens (including phenoxy) is 1. The quantitative estimate of drug-likeness (QED) is 0.500. The van der Waals surface area contributed by atoms with Gasteiger partial charge >= 0.3 is 5.97 Å². The van der Waals surface area contributed by atoms with Crippen molar-refractivity contribution in [1.82, 2.24) is 0 Å². The van der Waals surface area contributed by atoms with Crippen LogP contribution in [0.15, 0.2) is 36.9 Å². The third kappa shape index (κ3) is 3.05. The van der Waals surface area contributed by atoms with Crippen LogP contribution in [-0.4, -0.2) is 17.4 Å². The number of nitrogens with one attached hydrogen (secondary N) is 1. The molecule has 0 aromatic heterocycles. The van der Waals surface area contributed by atoms with Crippen molar-refractivity contribution in [3.63, 3.8) is 0 Å². The predicted octanol–water partition coefficient (Wildman–Crippen LogP) is 1.99. The molecule has 0 unspecified atom stereocenters. The number of hydrogen-bond donors (Lipinski definition) is 2. The monoisotopic (exact) mass is 274 g/mol. The van der Waals surface area contributed by atoms with Crippen molar-refractivity contribution in [2.24, 2.45) is 5.73 Å². The maximum Gasteiger partial charge on any atom is 0.335 e. The molecule has 1 aliphatic carbocycles. The second-order valence-corrected chi connectivity index (χ2v) is 4.94. The molecule has 0 spiro atoms. The number of rotatable bonds is 4. The van der Waals surface area contributed by atoms with Crippen molar-refractivity contribution in [1.29, 1.82) is 0 Å². The van der Waals surface area contributed by atoms with Crippen LogP contribution in [0.5, 0.6) is 5.75 Å². The first-order valence-electron chi connectivity index (χ1n) is 6.59. The van der Waals surface area contributed by atoms with Gasteiger partial charge in [-0.1, -0.05) is 31.6 Å². The van der Waals surface area contributed by atoms with Gasteiger partial charge in [-0.05, 0) is 25.0 Å². The molecule has 2 rings (SSSR count). The second kappa shape index (κ2) is 5.88. The van der Waals surface area contributed by atoms with Crippen molar-refractivity contribution in [2.75, 3.05) is 5.32 Å². The molecule has 0 atom stereocenters. The minimum atomic E-state index is -0.824. The fourth-order valence-electron chi connectivity index (χ4n) is 2.29. The first kappa shape index (κ1) is 14.3. The molecule has 3 N–H and O–H groups in total. The van der Waals surface area contributed by atoms with E-state index in [1.165, 1.54) is 0 Å². The molecule has 0 saturated heterocycles. The van der Waals surface area contributed by atoms with Gasteiger partial charge in [0.2, 0.25) is 5.91 Å². The van der Waals surface area contributed by atoms with E-state index in [2.05, 4.69) is 11.9 Å².